The minimum absolute atomic E-state index is 0.0496. The Labute approximate surface area is 106 Å². The Morgan fingerprint density at radius 3 is 2.88 bits per heavy atom. The molecule has 17 heavy (non-hydrogen) atoms. The first-order valence-electron chi connectivity index (χ1n) is 5.93. The van der Waals surface area contributed by atoms with E-state index in [-0.39, 0.29) is 5.91 Å². The molecule has 1 atom stereocenters. The number of rotatable bonds is 7. The molecule has 1 unspecified atom stereocenters. The van der Waals surface area contributed by atoms with Crippen molar-refractivity contribution in [3.8, 4) is 0 Å². The van der Waals surface area contributed by atoms with Gasteiger partial charge in [0, 0.05) is 6.54 Å². The lowest BCUT2D eigenvalue weighted by atomic mass is 10.2. The molecule has 0 fully saturated rings. The number of carbonyl (C=O) groups is 1. The second-order valence-electron chi connectivity index (χ2n) is 4.17. The number of amides is 1. The minimum Gasteiger partial charge on any atom is -0.351 e. The number of hydrogen-bond donors (Lipinski definition) is 2. The average molecular weight is 256 g/mol. The van der Waals surface area contributed by atoms with Crippen LogP contribution in [0.2, 0.25) is 0 Å². The van der Waals surface area contributed by atoms with Crippen LogP contribution in [0.5, 0.6) is 0 Å². The molecule has 1 rings (SSSR count). The first kappa shape index (κ1) is 14.1. The van der Waals surface area contributed by atoms with Crippen LogP contribution in [-0.2, 0) is 6.42 Å². The van der Waals surface area contributed by atoms with E-state index >= 15 is 0 Å². The topological polar surface area (TPSA) is 66.9 Å². The Morgan fingerprint density at radius 2 is 2.24 bits per heavy atom. The lowest BCUT2D eigenvalue weighted by molar-refractivity contribution is 0.0951. The maximum atomic E-state index is 11.9. The molecule has 1 amide bonds. The van der Waals surface area contributed by atoms with Crippen LogP contribution in [0.15, 0.2) is 0 Å². The van der Waals surface area contributed by atoms with Gasteiger partial charge in [-0.2, -0.15) is 0 Å². The van der Waals surface area contributed by atoms with Crippen molar-refractivity contribution in [3.63, 3.8) is 0 Å². The van der Waals surface area contributed by atoms with E-state index in [1.165, 1.54) is 11.5 Å². The molecule has 1 aromatic heterocycles. The number of carbonyl (C=O) groups excluding carboxylic acids is 1. The molecule has 1 heterocycles. The Balaban J connectivity index is 2.49. The van der Waals surface area contributed by atoms with Crippen molar-refractivity contribution in [1.29, 1.82) is 0 Å². The monoisotopic (exact) mass is 256 g/mol. The van der Waals surface area contributed by atoms with Crippen LogP contribution in [-0.4, -0.2) is 35.6 Å². The highest BCUT2D eigenvalue weighted by molar-refractivity contribution is 7.08. The molecule has 0 aliphatic rings. The summed E-state index contributed by atoms with van der Waals surface area (Å²) in [7, 11) is 1.91. The molecule has 0 aliphatic carbocycles. The Hall–Kier alpha value is -1.01. The largest absolute Gasteiger partial charge is 0.351 e. The van der Waals surface area contributed by atoms with Gasteiger partial charge >= 0.3 is 0 Å². The summed E-state index contributed by atoms with van der Waals surface area (Å²) < 4.78 is 3.84. The van der Waals surface area contributed by atoms with Gasteiger partial charge in [0.15, 0.2) is 0 Å². The number of aromatic nitrogens is 2. The van der Waals surface area contributed by atoms with Crippen molar-refractivity contribution in [2.75, 3.05) is 20.1 Å². The summed E-state index contributed by atoms with van der Waals surface area (Å²) >= 11 is 1.17. The number of aryl methyl sites for hydroxylation is 1. The van der Waals surface area contributed by atoms with E-state index in [2.05, 4.69) is 34.1 Å². The summed E-state index contributed by atoms with van der Waals surface area (Å²) in [5.41, 5.74) is 0.816. The van der Waals surface area contributed by atoms with Crippen molar-refractivity contribution < 1.29 is 4.79 Å². The molecule has 6 heteroatoms. The maximum Gasteiger partial charge on any atom is 0.264 e. The first-order valence-corrected chi connectivity index (χ1v) is 6.70. The molecule has 1 aromatic rings. The first-order chi connectivity index (χ1) is 8.19. The van der Waals surface area contributed by atoms with Gasteiger partial charge in [0.1, 0.15) is 4.88 Å². The molecule has 2 N–H and O–H groups in total. The van der Waals surface area contributed by atoms with Gasteiger partial charge in [0.25, 0.3) is 5.91 Å². The van der Waals surface area contributed by atoms with Crippen molar-refractivity contribution >= 4 is 17.4 Å². The zero-order valence-electron chi connectivity index (χ0n) is 10.6. The Kier molecular flexibility index (Phi) is 6.07. The summed E-state index contributed by atoms with van der Waals surface area (Å²) in [6.45, 7) is 5.72. The molecular weight excluding hydrogens is 236 g/mol. The van der Waals surface area contributed by atoms with Gasteiger partial charge in [-0.25, -0.2) is 0 Å². The Morgan fingerprint density at radius 1 is 1.47 bits per heavy atom. The molecule has 0 aliphatic heterocycles. The number of nitrogens with zero attached hydrogens (tertiary/aromatic N) is 2. The fraction of sp³-hybridized carbons (Fsp3) is 0.727. The van der Waals surface area contributed by atoms with Gasteiger partial charge in [0.2, 0.25) is 0 Å². The fourth-order valence-electron chi connectivity index (χ4n) is 1.55. The normalized spacial score (nSPS) is 12.4. The number of hydrogen-bond acceptors (Lipinski definition) is 5. The van der Waals surface area contributed by atoms with Crippen molar-refractivity contribution in [1.82, 2.24) is 20.2 Å². The van der Waals surface area contributed by atoms with Crippen LogP contribution in [0.4, 0.5) is 0 Å². The van der Waals surface area contributed by atoms with Crippen LogP contribution in [0.1, 0.15) is 35.6 Å². The summed E-state index contributed by atoms with van der Waals surface area (Å²) in [6, 6.07) is 0. The predicted molar refractivity (Wildman–Crippen MR) is 69.3 cm³/mol. The van der Waals surface area contributed by atoms with Crippen molar-refractivity contribution in [3.05, 3.63) is 10.6 Å². The third kappa shape index (κ3) is 4.40. The Bertz CT molecular complexity index is 353. The van der Waals surface area contributed by atoms with Gasteiger partial charge < -0.3 is 10.6 Å². The highest BCUT2D eigenvalue weighted by atomic mass is 32.1. The highest BCUT2D eigenvalue weighted by Crippen LogP contribution is 2.12. The molecule has 0 radical (unpaired) electrons. The van der Waals surface area contributed by atoms with Crippen LogP contribution in [0, 0.1) is 5.92 Å². The lowest BCUT2D eigenvalue weighted by Crippen LogP contribution is -2.32. The van der Waals surface area contributed by atoms with E-state index in [9.17, 15) is 4.79 Å². The van der Waals surface area contributed by atoms with Crippen LogP contribution in [0.25, 0.3) is 0 Å². The third-order valence-electron chi connectivity index (χ3n) is 2.41. The lowest BCUT2D eigenvalue weighted by Gasteiger charge is -2.11. The molecular formula is C11H20N4OS. The molecule has 0 bridgehead atoms. The van der Waals surface area contributed by atoms with Crippen molar-refractivity contribution in [2.24, 2.45) is 5.92 Å². The predicted octanol–water partition coefficient (Wildman–Crippen LogP) is 1.08. The van der Waals surface area contributed by atoms with Gasteiger partial charge in [-0.3, -0.25) is 4.79 Å². The van der Waals surface area contributed by atoms with Crippen LogP contribution >= 0.6 is 11.5 Å². The molecule has 5 nitrogen and oxygen atoms in total. The van der Waals surface area contributed by atoms with Crippen LogP contribution in [0.3, 0.4) is 0 Å². The SMILES string of the molecule is CCCc1nnsc1C(=O)NCC(C)CNC. The zero-order chi connectivity index (χ0) is 12.7. The smallest absolute Gasteiger partial charge is 0.264 e. The average Bonchev–Trinajstić information content (AvgIpc) is 2.75. The second kappa shape index (κ2) is 7.34. The highest BCUT2D eigenvalue weighted by Gasteiger charge is 2.15. The quantitative estimate of drug-likeness (QED) is 0.766. The molecule has 0 aromatic carbocycles. The second-order valence-corrected chi connectivity index (χ2v) is 4.93. The van der Waals surface area contributed by atoms with E-state index < -0.39 is 0 Å². The van der Waals surface area contributed by atoms with Gasteiger partial charge in [-0.05, 0) is 37.5 Å². The van der Waals surface area contributed by atoms with Crippen LogP contribution < -0.4 is 10.6 Å². The minimum atomic E-state index is -0.0496. The van der Waals surface area contributed by atoms with Gasteiger partial charge in [-0.1, -0.05) is 24.8 Å². The van der Waals surface area contributed by atoms with E-state index in [0.717, 1.165) is 25.1 Å². The third-order valence-corrected chi connectivity index (χ3v) is 3.18. The molecule has 0 saturated heterocycles. The molecule has 96 valence electrons. The fourth-order valence-corrected chi connectivity index (χ4v) is 2.17. The van der Waals surface area contributed by atoms with Crippen molar-refractivity contribution in [2.45, 2.75) is 26.7 Å². The summed E-state index contributed by atoms with van der Waals surface area (Å²) in [5, 5.41) is 9.99. The molecule has 0 spiro atoms. The standard InChI is InChI=1S/C11H20N4OS/c1-4-5-9-10(17-15-14-9)11(16)13-7-8(2)6-12-3/h8,12H,4-7H2,1-3H3,(H,13,16). The van der Waals surface area contributed by atoms with E-state index in [1.807, 2.05) is 7.05 Å². The van der Waals surface area contributed by atoms with Gasteiger partial charge in [-0.15, -0.1) is 5.10 Å². The summed E-state index contributed by atoms with van der Waals surface area (Å²) in [4.78, 5) is 12.6. The zero-order valence-corrected chi connectivity index (χ0v) is 11.4. The molecule has 0 saturated carbocycles. The van der Waals surface area contributed by atoms with Gasteiger partial charge in [0.05, 0.1) is 5.69 Å². The maximum absolute atomic E-state index is 11.9. The summed E-state index contributed by atoms with van der Waals surface area (Å²) in [6.07, 6.45) is 1.78. The number of nitrogens with one attached hydrogen (secondary N) is 2. The van der Waals surface area contributed by atoms with E-state index in [1.54, 1.807) is 0 Å². The van der Waals surface area contributed by atoms with E-state index in [4.69, 9.17) is 0 Å². The summed E-state index contributed by atoms with van der Waals surface area (Å²) in [5.74, 6) is 0.367. The van der Waals surface area contributed by atoms with E-state index in [0.29, 0.717) is 17.3 Å².